The van der Waals surface area contributed by atoms with Crippen molar-refractivity contribution < 1.29 is 9.90 Å². The zero-order valence-corrected chi connectivity index (χ0v) is 18.8. The number of hydrogen-bond donors (Lipinski definition) is 3. The summed E-state index contributed by atoms with van der Waals surface area (Å²) in [6.07, 6.45) is 1.46. The second-order valence-corrected chi connectivity index (χ2v) is 8.38. The molecule has 1 aromatic heterocycles. The monoisotopic (exact) mass is 464 g/mol. The summed E-state index contributed by atoms with van der Waals surface area (Å²) >= 11 is 1.52. The van der Waals surface area contributed by atoms with Crippen LogP contribution in [0.4, 0.5) is 10.8 Å². The van der Waals surface area contributed by atoms with Gasteiger partial charge in [-0.1, -0.05) is 60.7 Å². The molecule has 0 bridgehead atoms. The molecule has 5 rings (SSSR count). The molecule has 1 heterocycles. The van der Waals surface area contributed by atoms with Crippen molar-refractivity contribution in [1.29, 1.82) is 0 Å². The van der Waals surface area contributed by atoms with Crippen LogP contribution in [0.3, 0.4) is 0 Å². The van der Waals surface area contributed by atoms with E-state index in [0.717, 1.165) is 32.8 Å². The molecule has 0 saturated carbocycles. The van der Waals surface area contributed by atoms with Gasteiger partial charge >= 0.3 is 0 Å². The first-order valence-electron chi connectivity index (χ1n) is 10.6. The van der Waals surface area contributed by atoms with E-state index in [1.165, 1.54) is 17.6 Å². The molecule has 4 aromatic carbocycles. The molecule has 3 N–H and O–H groups in total. The van der Waals surface area contributed by atoms with Gasteiger partial charge in [0.1, 0.15) is 5.75 Å². The molecule has 5 aromatic rings. The Hall–Kier alpha value is -4.49. The Morgan fingerprint density at radius 3 is 2.50 bits per heavy atom. The molecule has 0 fully saturated rings. The van der Waals surface area contributed by atoms with E-state index in [1.807, 2.05) is 78.2 Å². The van der Waals surface area contributed by atoms with Crippen LogP contribution in [0, 0.1) is 0 Å². The van der Waals surface area contributed by atoms with E-state index in [1.54, 1.807) is 18.2 Å². The second-order valence-electron chi connectivity index (χ2n) is 7.52. The molecular formula is C27H20N4O2S. The lowest BCUT2D eigenvalue weighted by atomic mass is 10.0. The minimum Gasteiger partial charge on any atom is -0.507 e. The van der Waals surface area contributed by atoms with Gasteiger partial charge in [-0.25, -0.2) is 10.4 Å². The Bertz CT molecular complexity index is 1480. The van der Waals surface area contributed by atoms with Crippen LogP contribution in [-0.4, -0.2) is 22.2 Å². The standard InChI is InChI=1S/C27H20N4O2S/c32-25-15-12-18-6-4-5-9-22(18)23(25)16-28-31-26(33)20-10-13-21(14-11-20)29-27-30-24(17-34-27)19-7-2-1-3-8-19/h1-17,32H,(H,29,30)(H,31,33). The number of thiazole rings is 1. The Balaban J connectivity index is 1.23. The number of carbonyl (C=O) groups excluding carboxylic acids is 1. The SMILES string of the molecule is O=C(NN=Cc1c(O)ccc2ccccc12)c1ccc(Nc2nc(-c3ccccc3)cs2)cc1. The van der Waals surface area contributed by atoms with Gasteiger partial charge in [-0.15, -0.1) is 11.3 Å². The topological polar surface area (TPSA) is 86.6 Å². The smallest absolute Gasteiger partial charge is 0.271 e. The largest absolute Gasteiger partial charge is 0.507 e. The Kier molecular flexibility index (Phi) is 6.01. The molecule has 0 spiro atoms. The number of phenolic OH excluding ortho intramolecular Hbond substituents is 1. The predicted molar refractivity (Wildman–Crippen MR) is 138 cm³/mol. The summed E-state index contributed by atoms with van der Waals surface area (Å²) in [5.74, 6) is -0.243. The zero-order chi connectivity index (χ0) is 23.3. The van der Waals surface area contributed by atoms with E-state index in [0.29, 0.717) is 11.1 Å². The molecule has 166 valence electrons. The molecule has 0 unspecified atom stereocenters. The van der Waals surface area contributed by atoms with Gasteiger partial charge in [-0.05, 0) is 41.1 Å². The highest BCUT2D eigenvalue weighted by Crippen LogP contribution is 2.27. The molecule has 0 aliphatic heterocycles. The lowest BCUT2D eigenvalue weighted by molar-refractivity contribution is 0.0955. The summed E-state index contributed by atoms with van der Waals surface area (Å²) in [6.45, 7) is 0. The first kappa shape index (κ1) is 21.4. The lowest BCUT2D eigenvalue weighted by Crippen LogP contribution is -2.17. The minimum atomic E-state index is -0.344. The Morgan fingerprint density at radius 1 is 0.912 bits per heavy atom. The number of aromatic hydroxyl groups is 1. The molecule has 34 heavy (non-hydrogen) atoms. The summed E-state index contributed by atoms with van der Waals surface area (Å²) in [6, 6.07) is 28.2. The summed E-state index contributed by atoms with van der Waals surface area (Å²) in [7, 11) is 0. The molecule has 1 amide bonds. The molecule has 7 heteroatoms. The van der Waals surface area contributed by atoms with Crippen LogP contribution >= 0.6 is 11.3 Å². The Labute approximate surface area is 200 Å². The van der Waals surface area contributed by atoms with E-state index in [4.69, 9.17) is 0 Å². The molecular weight excluding hydrogens is 444 g/mol. The van der Waals surface area contributed by atoms with Crippen molar-refractivity contribution >= 4 is 45.0 Å². The average Bonchev–Trinajstić information content (AvgIpc) is 3.35. The number of nitrogens with zero attached hydrogens (tertiary/aromatic N) is 2. The number of rotatable bonds is 6. The number of carbonyl (C=O) groups is 1. The minimum absolute atomic E-state index is 0.102. The van der Waals surface area contributed by atoms with Gasteiger partial charge in [0.2, 0.25) is 0 Å². The van der Waals surface area contributed by atoms with Crippen molar-refractivity contribution in [3.8, 4) is 17.0 Å². The maximum absolute atomic E-state index is 12.5. The van der Waals surface area contributed by atoms with Gasteiger partial charge in [0, 0.05) is 27.8 Å². The quantitative estimate of drug-likeness (QED) is 0.207. The highest BCUT2D eigenvalue weighted by molar-refractivity contribution is 7.14. The highest BCUT2D eigenvalue weighted by Gasteiger charge is 2.08. The van der Waals surface area contributed by atoms with Crippen LogP contribution in [0.15, 0.2) is 101 Å². The number of nitrogens with one attached hydrogen (secondary N) is 2. The van der Waals surface area contributed by atoms with Crippen molar-refractivity contribution in [2.75, 3.05) is 5.32 Å². The maximum Gasteiger partial charge on any atom is 0.271 e. The first-order valence-corrected chi connectivity index (χ1v) is 11.5. The number of fused-ring (bicyclic) bond motifs is 1. The number of aromatic nitrogens is 1. The summed E-state index contributed by atoms with van der Waals surface area (Å²) < 4.78 is 0. The number of benzene rings is 4. The molecule has 0 saturated heterocycles. The van der Waals surface area contributed by atoms with Crippen molar-refractivity contribution in [2.24, 2.45) is 5.10 Å². The molecule has 6 nitrogen and oxygen atoms in total. The van der Waals surface area contributed by atoms with Crippen LogP contribution < -0.4 is 10.7 Å². The summed E-state index contributed by atoms with van der Waals surface area (Å²) in [4.78, 5) is 17.1. The lowest BCUT2D eigenvalue weighted by Gasteiger charge is -2.06. The van der Waals surface area contributed by atoms with E-state index < -0.39 is 0 Å². The van der Waals surface area contributed by atoms with E-state index in [9.17, 15) is 9.90 Å². The van der Waals surface area contributed by atoms with Gasteiger partial charge < -0.3 is 10.4 Å². The van der Waals surface area contributed by atoms with Crippen molar-refractivity contribution in [2.45, 2.75) is 0 Å². The maximum atomic E-state index is 12.5. The summed E-state index contributed by atoms with van der Waals surface area (Å²) in [5, 5.41) is 22.1. The van der Waals surface area contributed by atoms with Crippen molar-refractivity contribution in [3.05, 3.63) is 108 Å². The molecule has 0 aliphatic rings. The molecule has 0 radical (unpaired) electrons. The number of amides is 1. The van der Waals surface area contributed by atoms with E-state index >= 15 is 0 Å². The van der Waals surface area contributed by atoms with Gasteiger partial charge in [0.15, 0.2) is 5.13 Å². The first-order chi connectivity index (χ1) is 16.7. The zero-order valence-electron chi connectivity index (χ0n) is 18.0. The van der Waals surface area contributed by atoms with Crippen molar-refractivity contribution in [1.82, 2.24) is 10.4 Å². The van der Waals surface area contributed by atoms with Crippen LogP contribution in [0.25, 0.3) is 22.0 Å². The van der Waals surface area contributed by atoms with E-state index in [-0.39, 0.29) is 11.7 Å². The fraction of sp³-hybridized carbons (Fsp3) is 0. The third kappa shape index (κ3) is 4.65. The molecule has 0 aliphatic carbocycles. The van der Waals surface area contributed by atoms with Crippen LogP contribution in [0.2, 0.25) is 0 Å². The van der Waals surface area contributed by atoms with E-state index in [2.05, 4.69) is 20.8 Å². The summed E-state index contributed by atoms with van der Waals surface area (Å²) in [5.41, 5.74) is 6.35. The van der Waals surface area contributed by atoms with Crippen molar-refractivity contribution in [3.63, 3.8) is 0 Å². The number of phenols is 1. The molecule has 0 atom stereocenters. The average molecular weight is 465 g/mol. The number of hydrazone groups is 1. The normalized spacial score (nSPS) is 11.1. The third-order valence-electron chi connectivity index (χ3n) is 5.28. The fourth-order valence-corrected chi connectivity index (χ4v) is 4.28. The highest BCUT2D eigenvalue weighted by atomic mass is 32.1. The van der Waals surface area contributed by atoms with Gasteiger partial charge in [0.25, 0.3) is 5.91 Å². The fourth-order valence-electron chi connectivity index (χ4n) is 3.54. The van der Waals surface area contributed by atoms with Gasteiger partial charge in [0.05, 0.1) is 11.9 Å². The Morgan fingerprint density at radius 2 is 1.68 bits per heavy atom. The second kappa shape index (κ2) is 9.56. The van der Waals surface area contributed by atoms with Gasteiger partial charge in [-0.2, -0.15) is 5.10 Å². The number of hydrogen-bond acceptors (Lipinski definition) is 6. The van der Waals surface area contributed by atoms with Crippen LogP contribution in [0.5, 0.6) is 5.75 Å². The van der Waals surface area contributed by atoms with Crippen LogP contribution in [0.1, 0.15) is 15.9 Å². The third-order valence-corrected chi connectivity index (χ3v) is 6.04. The van der Waals surface area contributed by atoms with Gasteiger partial charge in [-0.3, -0.25) is 4.79 Å². The van der Waals surface area contributed by atoms with Crippen LogP contribution in [-0.2, 0) is 0 Å². The predicted octanol–water partition coefficient (Wildman–Crippen LogP) is 6.18. The number of anilines is 2.